The van der Waals surface area contributed by atoms with Gasteiger partial charge in [-0.25, -0.2) is 4.39 Å². The van der Waals surface area contributed by atoms with Gasteiger partial charge in [-0.05, 0) is 79.1 Å². The summed E-state index contributed by atoms with van der Waals surface area (Å²) in [6, 6.07) is 20.6. The monoisotopic (exact) mass is 535 g/mol. The lowest BCUT2D eigenvalue weighted by molar-refractivity contribution is -0.118. The number of aryl methyl sites for hydroxylation is 3. The molecular weight excluding hydrogens is 501 g/mol. The Balaban J connectivity index is 1.67. The molecule has 0 spiro atoms. The van der Waals surface area contributed by atoms with Crippen molar-refractivity contribution >= 4 is 11.5 Å². The summed E-state index contributed by atoms with van der Waals surface area (Å²) in [5.41, 5.74) is 13.0. The van der Waals surface area contributed by atoms with Crippen molar-refractivity contribution in [3.05, 3.63) is 117 Å². The van der Waals surface area contributed by atoms with E-state index in [1.807, 2.05) is 65.0 Å². The third kappa shape index (κ3) is 4.88. The van der Waals surface area contributed by atoms with Crippen molar-refractivity contribution < 1.29 is 13.9 Å². The number of benzene rings is 3. The zero-order chi connectivity index (χ0) is 28.8. The van der Waals surface area contributed by atoms with Crippen LogP contribution in [0.5, 0.6) is 5.75 Å². The second-order valence-electron chi connectivity index (χ2n) is 11.7. The minimum absolute atomic E-state index is 0.0460. The number of allylic oxidation sites excluding steroid dienone is 3. The molecular formula is C34H34FN3O2. The van der Waals surface area contributed by atoms with Crippen molar-refractivity contribution in [2.75, 3.05) is 4.90 Å². The summed E-state index contributed by atoms with van der Waals surface area (Å²) in [5.74, 6) is -0.243. The lowest BCUT2D eigenvalue weighted by Crippen LogP contribution is -2.42. The van der Waals surface area contributed by atoms with Crippen LogP contribution in [-0.4, -0.2) is 5.78 Å². The molecule has 5 rings (SSSR count). The van der Waals surface area contributed by atoms with Crippen LogP contribution in [-0.2, 0) is 11.4 Å². The van der Waals surface area contributed by atoms with Crippen LogP contribution in [0, 0.1) is 43.3 Å². The molecule has 0 saturated heterocycles. The standard InChI is InChI=1S/C34H34FN3O2/c1-20-10-12-24(13-11-20)40-19-23-15-25(22(3)14-21(23)2)31-26(18-36)33(37)38(28-9-7-6-8-27(28)35)29-16-34(4,5)17-30(39)32(29)31/h6-15,31H,16-17,19,37H2,1-5H3. The number of hydrogen-bond donors (Lipinski definition) is 1. The number of nitrogens with zero attached hydrogens (tertiary/aromatic N) is 2. The predicted octanol–water partition coefficient (Wildman–Crippen LogP) is 7.27. The molecule has 1 aliphatic carbocycles. The summed E-state index contributed by atoms with van der Waals surface area (Å²) >= 11 is 0. The number of halogens is 1. The lowest BCUT2D eigenvalue weighted by Gasteiger charge is -2.44. The second kappa shape index (κ2) is 10.3. The van der Waals surface area contributed by atoms with Gasteiger partial charge in [-0.15, -0.1) is 0 Å². The number of carbonyl (C=O) groups is 1. The van der Waals surface area contributed by atoms with Gasteiger partial charge in [0.2, 0.25) is 0 Å². The SMILES string of the molecule is Cc1ccc(OCc2cc(C3C(C#N)=C(N)N(c4ccccc4F)C4=C3C(=O)CC(C)(C)C4)c(C)cc2C)cc1. The first-order valence-corrected chi connectivity index (χ1v) is 13.5. The molecule has 5 nitrogen and oxygen atoms in total. The molecule has 1 heterocycles. The van der Waals surface area contributed by atoms with Crippen molar-refractivity contribution in [3.8, 4) is 11.8 Å². The van der Waals surface area contributed by atoms with E-state index in [1.54, 1.807) is 23.1 Å². The normalized spacial score (nSPS) is 18.5. The summed E-state index contributed by atoms with van der Waals surface area (Å²) in [6.07, 6.45) is 0.854. The average molecular weight is 536 g/mol. The number of rotatable bonds is 5. The maximum Gasteiger partial charge on any atom is 0.162 e. The highest BCUT2D eigenvalue weighted by Gasteiger charge is 2.45. The number of ketones is 1. The number of nitrogens with two attached hydrogens (primary N) is 1. The Labute approximate surface area is 235 Å². The molecule has 1 aliphatic heterocycles. The molecule has 0 saturated carbocycles. The van der Waals surface area contributed by atoms with E-state index in [1.165, 1.54) is 6.07 Å². The van der Waals surface area contributed by atoms with Gasteiger partial charge in [0.25, 0.3) is 0 Å². The third-order valence-corrected chi connectivity index (χ3v) is 7.93. The Hall–Kier alpha value is -4.37. The van der Waals surface area contributed by atoms with Gasteiger partial charge in [-0.1, -0.05) is 55.8 Å². The molecule has 204 valence electrons. The van der Waals surface area contributed by atoms with Crippen molar-refractivity contribution in [1.82, 2.24) is 0 Å². The molecule has 6 heteroatoms. The fraction of sp³-hybridized carbons (Fsp3) is 0.294. The molecule has 3 aromatic carbocycles. The van der Waals surface area contributed by atoms with Gasteiger partial charge in [0.15, 0.2) is 5.78 Å². The highest BCUT2D eigenvalue weighted by atomic mass is 19.1. The van der Waals surface area contributed by atoms with Crippen molar-refractivity contribution in [3.63, 3.8) is 0 Å². The quantitative estimate of drug-likeness (QED) is 0.372. The van der Waals surface area contributed by atoms with E-state index in [9.17, 15) is 10.1 Å². The summed E-state index contributed by atoms with van der Waals surface area (Å²) in [4.78, 5) is 15.5. The summed E-state index contributed by atoms with van der Waals surface area (Å²) in [7, 11) is 0. The molecule has 0 fully saturated rings. The number of ether oxygens (including phenoxy) is 1. The zero-order valence-electron chi connectivity index (χ0n) is 23.6. The van der Waals surface area contributed by atoms with Gasteiger partial charge in [-0.2, -0.15) is 5.26 Å². The predicted molar refractivity (Wildman–Crippen MR) is 155 cm³/mol. The van der Waals surface area contributed by atoms with E-state index in [0.717, 1.165) is 33.6 Å². The molecule has 0 aromatic heterocycles. The number of nitriles is 1. The third-order valence-electron chi connectivity index (χ3n) is 7.93. The first-order chi connectivity index (χ1) is 19.0. The topological polar surface area (TPSA) is 79.3 Å². The van der Waals surface area contributed by atoms with Crippen LogP contribution in [0.3, 0.4) is 0 Å². The van der Waals surface area contributed by atoms with Gasteiger partial charge in [-0.3, -0.25) is 9.69 Å². The summed E-state index contributed by atoms with van der Waals surface area (Å²) in [6.45, 7) is 10.4. The maximum atomic E-state index is 15.1. The Morgan fingerprint density at radius 1 is 1.05 bits per heavy atom. The van der Waals surface area contributed by atoms with Gasteiger partial charge in [0.1, 0.15) is 24.0 Å². The molecule has 2 N–H and O–H groups in total. The molecule has 1 unspecified atom stereocenters. The Morgan fingerprint density at radius 3 is 2.42 bits per heavy atom. The van der Waals surface area contributed by atoms with Crippen LogP contribution in [0.15, 0.2) is 83.3 Å². The minimum Gasteiger partial charge on any atom is -0.489 e. The number of carbonyl (C=O) groups excluding carboxylic acids is 1. The van der Waals surface area contributed by atoms with Crippen LogP contribution in [0.4, 0.5) is 10.1 Å². The largest absolute Gasteiger partial charge is 0.489 e. The Kier molecular flexibility index (Phi) is 7.01. The summed E-state index contributed by atoms with van der Waals surface area (Å²) < 4.78 is 21.2. The zero-order valence-corrected chi connectivity index (χ0v) is 23.6. The van der Waals surface area contributed by atoms with Crippen LogP contribution >= 0.6 is 0 Å². The lowest BCUT2D eigenvalue weighted by atomic mass is 9.68. The molecule has 40 heavy (non-hydrogen) atoms. The van der Waals surface area contributed by atoms with Crippen LogP contribution in [0.2, 0.25) is 0 Å². The molecule has 0 bridgehead atoms. The van der Waals surface area contributed by atoms with Crippen LogP contribution < -0.4 is 15.4 Å². The first-order valence-electron chi connectivity index (χ1n) is 13.5. The van der Waals surface area contributed by atoms with E-state index in [4.69, 9.17) is 10.5 Å². The minimum atomic E-state index is -0.648. The average Bonchev–Trinajstić information content (AvgIpc) is 2.89. The van der Waals surface area contributed by atoms with Gasteiger partial charge in [0.05, 0.1) is 23.2 Å². The van der Waals surface area contributed by atoms with E-state index < -0.39 is 11.7 Å². The van der Waals surface area contributed by atoms with Gasteiger partial charge in [0, 0.05) is 17.7 Å². The number of Topliss-reactive ketones (excluding diaryl/α,β-unsaturated/α-hetero) is 1. The Bertz CT molecular complexity index is 1610. The van der Waals surface area contributed by atoms with Crippen LogP contribution in [0.25, 0.3) is 0 Å². The molecule has 1 atom stereocenters. The highest BCUT2D eigenvalue weighted by Crippen LogP contribution is 2.51. The Morgan fingerprint density at radius 2 is 1.75 bits per heavy atom. The van der Waals surface area contributed by atoms with Crippen molar-refractivity contribution in [1.29, 1.82) is 5.26 Å². The number of para-hydroxylation sites is 1. The second-order valence-corrected chi connectivity index (χ2v) is 11.7. The van der Waals surface area contributed by atoms with E-state index >= 15 is 4.39 Å². The fourth-order valence-electron chi connectivity index (χ4n) is 5.91. The van der Waals surface area contributed by atoms with E-state index in [-0.39, 0.29) is 28.3 Å². The molecule has 0 radical (unpaired) electrons. The van der Waals surface area contributed by atoms with Crippen molar-refractivity contribution in [2.24, 2.45) is 11.1 Å². The highest BCUT2D eigenvalue weighted by molar-refractivity contribution is 6.01. The maximum absolute atomic E-state index is 15.1. The number of hydrogen-bond acceptors (Lipinski definition) is 5. The molecule has 2 aliphatic rings. The number of anilines is 1. The van der Waals surface area contributed by atoms with E-state index in [0.29, 0.717) is 30.7 Å². The van der Waals surface area contributed by atoms with Crippen LogP contribution in [0.1, 0.15) is 60.4 Å². The first kappa shape index (κ1) is 27.2. The smallest absolute Gasteiger partial charge is 0.162 e. The van der Waals surface area contributed by atoms with E-state index in [2.05, 4.69) is 12.1 Å². The molecule has 0 amide bonds. The fourth-order valence-corrected chi connectivity index (χ4v) is 5.91. The van der Waals surface area contributed by atoms with Crippen molar-refractivity contribution in [2.45, 2.75) is 60.0 Å². The molecule has 3 aromatic rings. The van der Waals surface area contributed by atoms with Gasteiger partial charge < -0.3 is 10.5 Å². The van der Waals surface area contributed by atoms with Gasteiger partial charge >= 0.3 is 0 Å². The summed E-state index contributed by atoms with van der Waals surface area (Å²) in [5, 5.41) is 10.4.